The third kappa shape index (κ3) is 3.66. The minimum atomic E-state index is -0.632. The van der Waals surface area contributed by atoms with Gasteiger partial charge in [0.2, 0.25) is 0 Å². The molecule has 7 heteroatoms. The molecule has 0 spiro atoms. The largest absolute Gasteiger partial charge is 0.370 e. The molecule has 0 unspecified atom stereocenters. The molecule has 21 heavy (non-hydrogen) atoms. The van der Waals surface area contributed by atoms with Gasteiger partial charge in [0, 0.05) is 6.54 Å². The smallest absolute Gasteiger partial charge is 0.259 e. The lowest BCUT2D eigenvalue weighted by atomic mass is 10.2. The minimum absolute atomic E-state index is 0.0391. The first-order valence-corrected chi connectivity index (χ1v) is 6.55. The quantitative estimate of drug-likeness (QED) is 0.905. The Bertz CT molecular complexity index is 679. The summed E-state index contributed by atoms with van der Waals surface area (Å²) in [6.07, 6.45) is 1.01. The molecule has 110 valence electrons. The number of carbonyl (C=O) groups excluding carboxylic acids is 1. The van der Waals surface area contributed by atoms with E-state index < -0.39 is 17.5 Å². The van der Waals surface area contributed by atoms with Gasteiger partial charge in [-0.25, -0.2) is 13.8 Å². The van der Waals surface area contributed by atoms with Gasteiger partial charge >= 0.3 is 0 Å². The van der Waals surface area contributed by atoms with E-state index >= 15 is 0 Å². The Kier molecular flexibility index (Phi) is 4.70. The molecule has 1 aromatic carbocycles. The summed E-state index contributed by atoms with van der Waals surface area (Å²) in [4.78, 5) is 16.0. The first-order chi connectivity index (χ1) is 10.0. The van der Waals surface area contributed by atoms with Crippen molar-refractivity contribution >= 4 is 29.0 Å². The summed E-state index contributed by atoms with van der Waals surface area (Å²) < 4.78 is 26.2. The second kappa shape index (κ2) is 6.49. The van der Waals surface area contributed by atoms with Crippen LogP contribution in [0.15, 0.2) is 30.5 Å². The van der Waals surface area contributed by atoms with Crippen LogP contribution in [0.5, 0.6) is 0 Å². The zero-order chi connectivity index (χ0) is 15.4. The predicted octanol–water partition coefficient (Wildman–Crippen LogP) is 3.70. The first kappa shape index (κ1) is 15.2. The first-order valence-electron chi connectivity index (χ1n) is 6.17. The Morgan fingerprint density at radius 3 is 2.71 bits per heavy atom. The van der Waals surface area contributed by atoms with Crippen LogP contribution in [0.2, 0.25) is 5.02 Å². The highest BCUT2D eigenvalue weighted by atomic mass is 35.5. The van der Waals surface area contributed by atoms with E-state index in [-0.39, 0.29) is 22.1 Å². The Labute approximate surface area is 125 Å². The van der Waals surface area contributed by atoms with Gasteiger partial charge in [-0.3, -0.25) is 4.79 Å². The van der Waals surface area contributed by atoms with Gasteiger partial charge < -0.3 is 10.6 Å². The predicted molar refractivity (Wildman–Crippen MR) is 77.7 cm³/mol. The molecule has 1 amide bonds. The molecule has 1 aromatic heterocycles. The molecule has 0 saturated heterocycles. The molecule has 0 aliphatic rings. The standard InChI is InChI=1S/C14H12ClF2N3O/c1-2-18-13-10(5-9(17)7-19-13)14(21)20-12-4-3-8(16)6-11(12)15/h3-7H,2H2,1H3,(H,18,19)(H,20,21). The maximum Gasteiger partial charge on any atom is 0.259 e. The number of rotatable bonds is 4. The summed E-state index contributed by atoms with van der Waals surface area (Å²) in [5.41, 5.74) is 0.270. The number of pyridine rings is 1. The molecule has 2 N–H and O–H groups in total. The zero-order valence-electron chi connectivity index (χ0n) is 11.1. The fraction of sp³-hybridized carbons (Fsp3) is 0.143. The third-order valence-electron chi connectivity index (χ3n) is 2.62. The second-order valence-corrected chi connectivity index (χ2v) is 4.57. The van der Waals surface area contributed by atoms with Crippen LogP contribution < -0.4 is 10.6 Å². The van der Waals surface area contributed by atoms with E-state index in [1.54, 1.807) is 0 Å². The van der Waals surface area contributed by atoms with Crippen molar-refractivity contribution < 1.29 is 13.6 Å². The van der Waals surface area contributed by atoms with E-state index in [9.17, 15) is 13.6 Å². The molecule has 0 aliphatic heterocycles. The van der Waals surface area contributed by atoms with Crippen molar-refractivity contribution in [3.8, 4) is 0 Å². The van der Waals surface area contributed by atoms with Crippen LogP contribution in [0.1, 0.15) is 17.3 Å². The van der Waals surface area contributed by atoms with Crippen molar-refractivity contribution in [2.75, 3.05) is 17.2 Å². The molecule has 0 aliphatic carbocycles. The molecule has 0 fully saturated rings. The Morgan fingerprint density at radius 1 is 1.29 bits per heavy atom. The highest BCUT2D eigenvalue weighted by Crippen LogP contribution is 2.24. The average molecular weight is 312 g/mol. The summed E-state index contributed by atoms with van der Waals surface area (Å²) in [5.74, 6) is -1.48. The lowest BCUT2D eigenvalue weighted by molar-refractivity contribution is 0.102. The number of nitrogens with one attached hydrogen (secondary N) is 2. The zero-order valence-corrected chi connectivity index (χ0v) is 11.8. The maximum atomic E-state index is 13.3. The van der Waals surface area contributed by atoms with Crippen molar-refractivity contribution in [2.24, 2.45) is 0 Å². The van der Waals surface area contributed by atoms with Crippen molar-refractivity contribution in [3.63, 3.8) is 0 Å². The van der Waals surface area contributed by atoms with Crippen molar-refractivity contribution in [1.82, 2.24) is 4.98 Å². The van der Waals surface area contributed by atoms with E-state index in [1.165, 1.54) is 6.07 Å². The van der Waals surface area contributed by atoms with E-state index in [4.69, 9.17) is 11.6 Å². The monoisotopic (exact) mass is 311 g/mol. The van der Waals surface area contributed by atoms with E-state index in [0.29, 0.717) is 6.54 Å². The highest BCUT2D eigenvalue weighted by molar-refractivity contribution is 6.34. The number of amides is 1. The summed E-state index contributed by atoms with van der Waals surface area (Å²) >= 11 is 5.83. The molecule has 4 nitrogen and oxygen atoms in total. The topological polar surface area (TPSA) is 54.0 Å². The SMILES string of the molecule is CCNc1ncc(F)cc1C(=O)Nc1ccc(F)cc1Cl. The molecule has 0 radical (unpaired) electrons. The van der Waals surface area contributed by atoms with Crippen LogP contribution in [0.25, 0.3) is 0 Å². The number of hydrogen-bond acceptors (Lipinski definition) is 3. The van der Waals surface area contributed by atoms with Crippen LogP contribution in [-0.2, 0) is 0 Å². The Balaban J connectivity index is 2.29. The molecule has 2 aromatic rings. The number of nitrogens with zero attached hydrogens (tertiary/aromatic N) is 1. The van der Waals surface area contributed by atoms with Gasteiger partial charge in [0.15, 0.2) is 0 Å². The molecule has 1 heterocycles. The van der Waals surface area contributed by atoms with Crippen LogP contribution in [-0.4, -0.2) is 17.4 Å². The number of benzene rings is 1. The Hall–Kier alpha value is -2.21. The van der Waals surface area contributed by atoms with Gasteiger partial charge in [0.1, 0.15) is 17.5 Å². The molecule has 0 atom stereocenters. The van der Waals surface area contributed by atoms with Crippen molar-refractivity contribution in [2.45, 2.75) is 6.92 Å². The molecule has 0 saturated carbocycles. The van der Waals surface area contributed by atoms with Crippen molar-refractivity contribution in [3.05, 3.63) is 52.7 Å². The highest BCUT2D eigenvalue weighted by Gasteiger charge is 2.15. The van der Waals surface area contributed by atoms with Gasteiger partial charge in [-0.2, -0.15) is 0 Å². The average Bonchev–Trinajstić information content (AvgIpc) is 2.44. The second-order valence-electron chi connectivity index (χ2n) is 4.16. The number of anilines is 2. The van der Waals surface area contributed by atoms with Gasteiger partial charge in [-0.05, 0) is 31.2 Å². The normalized spacial score (nSPS) is 10.3. The maximum absolute atomic E-state index is 13.3. The fourth-order valence-electron chi connectivity index (χ4n) is 1.70. The molecule has 2 rings (SSSR count). The third-order valence-corrected chi connectivity index (χ3v) is 2.94. The lowest BCUT2D eigenvalue weighted by Crippen LogP contribution is -2.16. The molecular weight excluding hydrogens is 300 g/mol. The van der Waals surface area contributed by atoms with Gasteiger partial charge in [0.25, 0.3) is 5.91 Å². The van der Waals surface area contributed by atoms with Gasteiger partial charge in [0.05, 0.1) is 22.5 Å². The minimum Gasteiger partial charge on any atom is -0.370 e. The fourth-order valence-corrected chi connectivity index (χ4v) is 1.92. The van der Waals surface area contributed by atoms with Crippen LogP contribution in [0.3, 0.4) is 0 Å². The number of hydrogen-bond donors (Lipinski definition) is 2. The molecular formula is C14H12ClF2N3O. The number of aromatic nitrogens is 1. The van der Waals surface area contributed by atoms with Crippen LogP contribution in [0.4, 0.5) is 20.3 Å². The Morgan fingerprint density at radius 2 is 2.05 bits per heavy atom. The van der Waals surface area contributed by atoms with Crippen LogP contribution >= 0.6 is 11.6 Å². The summed E-state index contributed by atoms with van der Waals surface area (Å²) in [6.45, 7) is 2.35. The summed E-state index contributed by atoms with van der Waals surface area (Å²) in [7, 11) is 0. The van der Waals surface area contributed by atoms with Crippen LogP contribution in [0, 0.1) is 11.6 Å². The van der Waals surface area contributed by atoms with Crippen molar-refractivity contribution in [1.29, 1.82) is 0 Å². The molecule has 0 bridgehead atoms. The van der Waals surface area contributed by atoms with Gasteiger partial charge in [-0.1, -0.05) is 11.6 Å². The number of halogens is 3. The summed E-state index contributed by atoms with van der Waals surface area (Å²) in [5, 5.41) is 5.41. The lowest BCUT2D eigenvalue weighted by Gasteiger charge is -2.11. The van der Waals surface area contributed by atoms with E-state index in [0.717, 1.165) is 24.4 Å². The van der Waals surface area contributed by atoms with E-state index in [2.05, 4.69) is 15.6 Å². The number of carbonyl (C=O) groups is 1. The van der Waals surface area contributed by atoms with Gasteiger partial charge in [-0.15, -0.1) is 0 Å². The van der Waals surface area contributed by atoms with E-state index in [1.807, 2.05) is 6.92 Å². The summed E-state index contributed by atoms with van der Waals surface area (Å²) in [6, 6.07) is 4.63.